The molecule has 0 aromatic heterocycles. The highest BCUT2D eigenvalue weighted by Crippen LogP contribution is 2.25. The van der Waals surface area contributed by atoms with Crippen molar-refractivity contribution in [3.05, 3.63) is 0 Å². The molecule has 2 rings (SSSR count). The van der Waals surface area contributed by atoms with Crippen LogP contribution in [0.15, 0.2) is 0 Å². The fraction of sp³-hybridized carbons (Fsp3) is 0.923. The molecule has 5 nitrogen and oxygen atoms in total. The van der Waals surface area contributed by atoms with Crippen molar-refractivity contribution in [1.82, 2.24) is 4.90 Å². The van der Waals surface area contributed by atoms with Crippen LogP contribution in [0.4, 0.5) is 0 Å². The summed E-state index contributed by atoms with van der Waals surface area (Å²) in [5.74, 6) is 0.0918. The lowest BCUT2D eigenvalue weighted by atomic mass is 10.0. The van der Waals surface area contributed by atoms with Crippen LogP contribution in [-0.2, 0) is 14.3 Å². The van der Waals surface area contributed by atoms with Crippen molar-refractivity contribution in [3.8, 4) is 0 Å². The molecule has 2 fully saturated rings. The number of hydrogen-bond acceptors (Lipinski definition) is 4. The molecule has 0 aliphatic carbocycles. The number of carbonyl (C=O) groups excluding carboxylic acids is 1. The molecule has 0 aromatic rings. The second-order valence-corrected chi connectivity index (χ2v) is 5.97. The first kappa shape index (κ1) is 13.8. The summed E-state index contributed by atoms with van der Waals surface area (Å²) in [5, 5.41) is 0. The highest BCUT2D eigenvalue weighted by molar-refractivity contribution is 5.81. The zero-order chi connectivity index (χ0) is 13.3. The van der Waals surface area contributed by atoms with Crippen molar-refractivity contribution in [2.75, 3.05) is 19.6 Å². The van der Waals surface area contributed by atoms with E-state index < -0.39 is 0 Å². The Balaban J connectivity index is 1.96. The van der Waals surface area contributed by atoms with Gasteiger partial charge in [-0.2, -0.15) is 0 Å². The van der Waals surface area contributed by atoms with E-state index in [0.29, 0.717) is 19.6 Å². The van der Waals surface area contributed by atoms with Crippen LogP contribution in [0.2, 0.25) is 0 Å². The third kappa shape index (κ3) is 3.02. The van der Waals surface area contributed by atoms with Crippen LogP contribution >= 0.6 is 0 Å². The van der Waals surface area contributed by atoms with Gasteiger partial charge in [0.1, 0.15) is 6.10 Å². The van der Waals surface area contributed by atoms with E-state index in [1.807, 2.05) is 25.7 Å². The summed E-state index contributed by atoms with van der Waals surface area (Å²) >= 11 is 0. The summed E-state index contributed by atoms with van der Waals surface area (Å²) in [5.41, 5.74) is 5.29. The Hall–Kier alpha value is -0.650. The van der Waals surface area contributed by atoms with Gasteiger partial charge in [0, 0.05) is 19.6 Å². The molecular weight excluding hydrogens is 232 g/mol. The quantitative estimate of drug-likeness (QED) is 0.782. The number of nitrogens with zero attached hydrogens (tertiary/aromatic N) is 1. The lowest BCUT2D eigenvalue weighted by molar-refractivity contribution is -0.166. The smallest absolute Gasteiger partial charge is 0.251 e. The van der Waals surface area contributed by atoms with Gasteiger partial charge in [0.25, 0.3) is 5.91 Å². The van der Waals surface area contributed by atoms with Crippen LogP contribution < -0.4 is 5.73 Å². The maximum atomic E-state index is 12.4. The van der Waals surface area contributed by atoms with E-state index in [2.05, 4.69) is 0 Å². The van der Waals surface area contributed by atoms with Gasteiger partial charge in [-0.05, 0) is 33.6 Å². The van der Waals surface area contributed by atoms with Gasteiger partial charge in [-0.15, -0.1) is 0 Å². The first-order valence-corrected chi connectivity index (χ1v) is 6.73. The van der Waals surface area contributed by atoms with E-state index >= 15 is 0 Å². The molecule has 3 unspecified atom stereocenters. The summed E-state index contributed by atoms with van der Waals surface area (Å²) in [4.78, 5) is 14.3. The maximum absolute atomic E-state index is 12.4. The molecule has 0 saturated carbocycles. The van der Waals surface area contributed by atoms with Crippen LogP contribution in [0.5, 0.6) is 0 Å². The second-order valence-electron chi connectivity index (χ2n) is 5.97. The molecule has 2 heterocycles. The van der Waals surface area contributed by atoms with E-state index in [1.54, 1.807) is 0 Å². The highest BCUT2D eigenvalue weighted by atomic mass is 16.5. The first-order chi connectivity index (χ1) is 8.41. The zero-order valence-electron chi connectivity index (χ0n) is 11.5. The molecule has 2 saturated heterocycles. The van der Waals surface area contributed by atoms with Gasteiger partial charge < -0.3 is 20.1 Å². The van der Waals surface area contributed by atoms with Gasteiger partial charge in [-0.3, -0.25) is 4.79 Å². The van der Waals surface area contributed by atoms with Gasteiger partial charge in [0.05, 0.1) is 17.8 Å². The molecule has 5 heteroatoms. The van der Waals surface area contributed by atoms with Crippen LogP contribution in [0.1, 0.15) is 33.6 Å². The summed E-state index contributed by atoms with van der Waals surface area (Å²) < 4.78 is 11.5. The predicted molar refractivity (Wildman–Crippen MR) is 68.2 cm³/mol. The molecule has 0 spiro atoms. The Morgan fingerprint density at radius 3 is 2.72 bits per heavy atom. The van der Waals surface area contributed by atoms with Crippen LogP contribution in [0.25, 0.3) is 0 Å². The van der Waals surface area contributed by atoms with Crippen LogP contribution in [-0.4, -0.2) is 54.4 Å². The Morgan fingerprint density at radius 1 is 1.44 bits per heavy atom. The molecular formula is C13H24N2O3. The number of carbonyl (C=O) groups is 1. The third-order valence-corrected chi connectivity index (χ3v) is 3.53. The molecule has 104 valence electrons. The number of hydrogen-bond donors (Lipinski definition) is 1. The van der Waals surface area contributed by atoms with Crippen LogP contribution in [0.3, 0.4) is 0 Å². The molecule has 0 aromatic carbocycles. The van der Waals surface area contributed by atoms with E-state index in [0.717, 1.165) is 12.8 Å². The molecule has 1 amide bonds. The van der Waals surface area contributed by atoms with Gasteiger partial charge in [-0.1, -0.05) is 0 Å². The number of nitrogens with two attached hydrogens (primary N) is 1. The highest BCUT2D eigenvalue weighted by Gasteiger charge is 2.38. The largest absolute Gasteiger partial charge is 0.369 e. The van der Waals surface area contributed by atoms with E-state index in [4.69, 9.17) is 15.2 Å². The fourth-order valence-corrected chi connectivity index (χ4v) is 2.89. The van der Waals surface area contributed by atoms with Crippen molar-refractivity contribution in [3.63, 3.8) is 0 Å². The third-order valence-electron chi connectivity index (χ3n) is 3.53. The molecule has 3 atom stereocenters. The van der Waals surface area contributed by atoms with Crippen molar-refractivity contribution in [2.24, 2.45) is 5.73 Å². The summed E-state index contributed by atoms with van der Waals surface area (Å²) in [6.45, 7) is 7.80. The summed E-state index contributed by atoms with van der Waals surface area (Å²) in [6, 6.07) is 0. The lowest BCUT2D eigenvalue weighted by Gasteiger charge is -2.42. The van der Waals surface area contributed by atoms with E-state index in [9.17, 15) is 4.79 Å². The molecule has 2 aliphatic heterocycles. The topological polar surface area (TPSA) is 64.8 Å². The minimum absolute atomic E-state index is 0.0467. The van der Waals surface area contributed by atoms with Crippen molar-refractivity contribution in [1.29, 1.82) is 0 Å². The molecule has 0 radical (unpaired) electrons. The minimum atomic E-state index is -0.306. The predicted octanol–water partition coefficient (Wildman–Crippen LogP) is 0.519. The molecule has 0 bridgehead atoms. The second kappa shape index (κ2) is 5.15. The average molecular weight is 256 g/mol. The van der Waals surface area contributed by atoms with Crippen molar-refractivity contribution < 1.29 is 14.3 Å². The lowest BCUT2D eigenvalue weighted by Crippen LogP contribution is -2.56. The first-order valence-electron chi connectivity index (χ1n) is 6.73. The zero-order valence-corrected chi connectivity index (χ0v) is 11.5. The van der Waals surface area contributed by atoms with Gasteiger partial charge in [0.15, 0.2) is 0 Å². The standard InChI is InChI=1S/C13H24N2O3/c1-9-7-15(8-13(2,3)18-9)12(16)11-5-4-10(6-14)17-11/h9-11H,4-8,14H2,1-3H3. The fourth-order valence-electron chi connectivity index (χ4n) is 2.89. The van der Waals surface area contributed by atoms with Gasteiger partial charge >= 0.3 is 0 Å². The van der Waals surface area contributed by atoms with Gasteiger partial charge in [-0.25, -0.2) is 0 Å². The number of ether oxygens (including phenoxy) is 2. The Labute approximate surface area is 109 Å². The Bertz CT molecular complexity index is 319. The number of amides is 1. The van der Waals surface area contributed by atoms with Crippen molar-refractivity contribution >= 4 is 5.91 Å². The van der Waals surface area contributed by atoms with Crippen molar-refractivity contribution in [2.45, 2.75) is 57.5 Å². The maximum Gasteiger partial charge on any atom is 0.251 e. The Morgan fingerprint density at radius 2 is 2.17 bits per heavy atom. The molecule has 18 heavy (non-hydrogen) atoms. The Kier molecular flexibility index (Phi) is 3.94. The minimum Gasteiger partial charge on any atom is -0.369 e. The number of morpholine rings is 1. The van der Waals surface area contributed by atoms with E-state index in [-0.39, 0.29) is 29.8 Å². The van der Waals surface area contributed by atoms with Gasteiger partial charge in [0.2, 0.25) is 0 Å². The summed E-state index contributed by atoms with van der Waals surface area (Å²) in [6.07, 6.45) is 1.48. The average Bonchev–Trinajstić information content (AvgIpc) is 2.73. The van der Waals surface area contributed by atoms with E-state index in [1.165, 1.54) is 0 Å². The molecule has 2 aliphatic rings. The number of rotatable bonds is 2. The summed E-state index contributed by atoms with van der Waals surface area (Å²) in [7, 11) is 0. The van der Waals surface area contributed by atoms with Crippen LogP contribution in [0, 0.1) is 0 Å². The molecule has 2 N–H and O–H groups in total. The SMILES string of the molecule is CC1CN(C(=O)C2CCC(CN)O2)CC(C)(C)O1. The monoisotopic (exact) mass is 256 g/mol. The normalized spacial score (nSPS) is 35.8.